The summed E-state index contributed by atoms with van der Waals surface area (Å²) in [6.07, 6.45) is 12.7. The van der Waals surface area contributed by atoms with E-state index >= 15 is 0 Å². The van der Waals surface area contributed by atoms with Gasteiger partial charge in [0.2, 0.25) is 5.91 Å². The van der Waals surface area contributed by atoms with Crippen LogP contribution in [0.1, 0.15) is 110 Å². The molecule has 1 aromatic carbocycles. The fraction of sp³-hybridized carbons (Fsp3) is 0.721. The van der Waals surface area contributed by atoms with Gasteiger partial charge in [0.1, 0.15) is 6.61 Å². The quantitative estimate of drug-likeness (QED) is 0.0800. The number of nitrogens with one attached hydrogen (secondary N) is 2. The average molecular weight is 689 g/mol. The van der Waals surface area contributed by atoms with Gasteiger partial charge in [0.15, 0.2) is 0 Å². The van der Waals surface area contributed by atoms with Gasteiger partial charge in [0.05, 0.1) is 26.2 Å². The second-order valence-corrected chi connectivity index (χ2v) is 18.0. The van der Waals surface area contributed by atoms with E-state index in [1.165, 1.54) is 49.5 Å². The number of ether oxygens (including phenoxy) is 1. The highest BCUT2D eigenvalue weighted by Crippen LogP contribution is 2.77. The van der Waals surface area contributed by atoms with Crippen LogP contribution in [0.2, 0.25) is 0 Å². The Morgan fingerprint density at radius 1 is 0.880 bits per heavy atom. The number of benzene rings is 1. The van der Waals surface area contributed by atoms with Crippen molar-refractivity contribution in [2.24, 2.45) is 56.7 Å². The third kappa shape index (κ3) is 5.82. The molecule has 5 aliphatic carbocycles. The summed E-state index contributed by atoms with van der Waals surface area (Å²) in [5, 5.41) is 6.42. The van der Waals surface area contributed by atoms with Gasteiger partial charge in [0.25, 0.3) is 0 Å². The van der Waals surface area contributed by atoms with Gasteiger partial charge in [-0.15, -0.1) is 0 Å². The highest BCUT2D eigenvalue weighted by atomic mass is 17.2. The molecule has 1 amide bonds. The van der Waals surface area contributed by atoms with Crippen molar-refractivity contribution in [1.29, 1.82) is 0 Å². The van der Waals surface area contributed by atoms with Gasteiger partial charge in [-0.25, -0.2) is 9.78 Å². The Balaban J connectivity index is 1.25. The molecule has 276 valence electrons. The van der Waals surface area contributed by atoms with Crippen molar-refractivity contribution in [3.05, 3.63) is 53.6 Å². The largest absolute Gasteiger partial charge is 0.468 e. The molecule has 4 fully saturated rings. The maximum Gasteiger partial charge on any atom is 0.319 e. The average Bonchev–Trinajstić information content (AvgIpc) is 3.49. The van der Waals surface area contributed by atoms with Crippen LogP contribution in [0.5, 0.6) is 0 Å². The Morgan fingerprint density at radius 2 is 1.62 bits per heavy atom. The monoisotopic (exact) mass is 688 g/mol. The first-order valence-corrected chi connectivity index (χ1v) is 19.4. The summed E-state index contributed by atoms with van der Waals surface area (Å²) in [7, 11) is 2.95. The second kappa shape index (κ2) is 13.8. The molecule has 0 spiro atoms. The summed E-state index contributed by atoms with van der Waals surface area (Å²) >= 11 is 0. The van der Waals surface area contributed by atoms with E-state index in [0.717, 1.165) is 37.7 Å². The molecule has 0 heterocycles. The summed E-state index contributed by atoms with van der Waals surface area (Å²) in [6.45, 7) is 21.4. The fourth-order valence-corrected chi connectivity index (χ4v) is 13.2. The number of rotatable bonds is 11. The molecule has 0 unspecified atom stereocenters. The van der Waals surface area contributed by atoms with Crippen molar-refractivity contribution in [2.75, 3.05) is 33.9 Å². The third-order valence-corrected chi connectivity index (χ3v) is 15.8. The number of hydrogen-bond acceptors (Lipinski definition) is 6. The lowest BCUT2D eigenvalue weighted by molar-refractivity contribution is -0.282. The van der Waals surface area contributed by atoms with Crippen LogP contribution in [0, 0.1) is 56.7 Å². The SMILES string of the molecule is C=C(C)[C@@H]1CC[C@]2(C(=O)NCCNCC(=O)OC)CC[C@]3(C)[C@H](CC[C@@H]4[C@@]5(C)CC=C(c6ccc(COOC)cc6)C(C)(C)[C@@H]5CC[C@]43C)[C@@H]12. The van der Waals surface area contributed by atoms with E-state index in [0.29, 0.717) is 49.3 Å². The summed E-state index contributed by atoms with van der Waals surface area (Å²) < 4.78 is 4.74. The van der Waals surface area contributed by atoms with Crippen LogP contribution in [0.15, 0.2) is 42.5 Å². The van der Waals surface area contributed by atoms with E-state index < -0.39 is 0 Å². The smallest absolute Gasteiger partial charge is 0.319 e. The van der Waals surface area contributed by atoms with Gasteiger partial charge in [-0.1, -0.05) is 77.1 Å². The molecule has 0 aliphatic heterocycles. The molecule has 6 rings (SSSR count). The molecule has 1 aromatic rings. The lowest BCUT2D eigenvalue weighted by Crippen LogP contribution is -2.66. The van der Waals surface area contributed by atoms with E-state index in [4.69, 9.17) is 14.5 Å². The Kier molecular flexibility index (Phi) is 10.3. The number of carbonyl (C=O) groups excluding carboxylic acids is 2. The molecule has 9 atom stereocenters. The first kappa shape index (κ1) is 37.3. The zero-order valence-electron chi connectivity index (χ0n) is 32.2. The van der Waals surface area contributed by atoms with Gasteiger partial charge >= 0.3 is 5.97 Å². The van der Waals surface area contributed by atoms with Gasteiger partial charge in [-0.2, -0.15) is 0 Å². The molecule has 4 saturated carbocycles. The van der Waals surface area contributed by atoms with E-state index in [1.807, 2.05) is 0 Å². The van der Waals surface area contributed by atoms with Gasteiger partial charge in [-0.05, 0) is 133 Å². The minimum atomic E-state index is -0.337. The maximum atomic E-state index is 14.3. The van der Waals surface area contributed by atoms with E-state index in [1.54, 1.807) is 7.11 Å². The number of hydrogen-bond donors (Lipinski definition) is 2. The normalized spacial score (nSPS) is 38.5. The molecule has 5 aliphatic rings. The number of methoxy groups -OCH3 is 1. The lowest BCUT2D eigenvalue weighted by Gasteiger charge is -2.72. The third-order valence-electron chi connectivity index (χ3n) is 15.8. The van der Waals surface area contributed by atoms with Crippen molar-refractivity contribution < 1.29 is 24.1 Å². The molecule has 0 saturated heterocycles. The van der Waals surface area contributed by atoms with Crippen LogP contribution in [0.3, 0.4) is 0 Å². The minimum Gasteiger partial charge on any atom is -0.468 e. The van der Waals surface area contributed by atoms with E-state index in [-0.39, 0.29) is 45.5 Å². The second-order valence-electron chi connectivity index (χ2n) is 18.0. The number of amides is 1. The predicted molar refractivity (Wildman–Crippen MR) is 198 cm³/mol. The molecule has 2 N–H and O–H groups in total. The van der Waals surface area contributed by atoms with Crippen LogP contribution < -0.4 is 10.6 Å². The van der Waals surface area contributed by atoms with Gasteiger partial charge in [-0.3, -0.25) is 9.59 Å². The Labute approximate surface area is 301 Å². The van der Waals surface area contributed by atoms with Crippen LogP contribution in [-0.2, 0) is 30.7 Å². The Bertz CT molecular complexity index is 1480. The summed E-state index contributed by atoms with van der Waals surface area (Å²) in [6, 6.07) is 8.89. The predicted octanol–water partition coefficient (Wildman–Crippen LogP) is 8.29. The van der Waals surface area contributed by atoms with Crippen LogP contribution in [-0.4, -0.2) is 45.7 Å². The maximum absolute atomic E-state index is 14.3. The number of allylic oxidation sites excluding steroid dienone is 3. The summed E-state index contributed by atoms with van der Waals surface area (Å²) in [4.78, 5) is 35.8. The highest BCUT2D eigenvalue weighted by molar-refractivity contribution is 5.84. The topological polar surface area (TPSA) is 85.9 Å². The Morgan fingerprint density at radius 3 is 2.30 bits per heavy atom. The number of fused-ring (bicyclic) bond motifs is 7. The minimum absolute atomic E-state index is 0.0681. The van der Waals surface area contributed by atoms with Gasteiger partial charge < -0.3 is 15.4 Å². The van der Waals surface area contributed by atoms with Crippen molar-refractivity contribution >= 4 is 17.4 Å². The van der Waals surface area contributed by atoms with Crippen LogP contribution >= 0.6 is 0 Å². The standard InChI is InChI=1S/C43H64N2O5/c1-28(2)31-16-21-43(38(47)45-25-24-44-26-36(46)48-8)23-22-41(6)33(37(31)43)14-15-35-40(5)19-17-32(30-12-10-29(11-13-30)27-50-49-9)39(3,4)34(40)18-20-42(35,41)7/h10-13,17,31,33-35,37,44H,1,14-16,18-27H2,2-9H3,(H,45,47)/t31-,33+,34-,35+,37+,40-,41+,42+,43-/m0/s1. The molecule has 7 heteroatoms. The van der Waals surface area contributed by atoms with Crippen molar-refractivity contribution in [2.45, 2.75) is 106 Å². The van der Waals surface area contributed by atoms with Gasteiger partial charge in [0, 0.05) is 13.1 Å². The van der Waals surface area contributed by atoms with E-state index in [2.05, 4.69) is 89.1 Å². The summed E-state index contributed by atoms with van der Waals surface area (Å²) in [5.41, 5.74) is 5.54. The highest BCUT2D eigenvalue weighted by Gasteiger charge is 2.71. The molecule has 7 nitrogen and oxygen atoms in total. The fourth-order valence-electron chi connectivity index (χ4n) is 13.2. The molecular formula is C43H64N2O5. The molecular weight excluding hydrogens is 624 g/mol. The van der Waals surface area contributed by atoms with Crippen molar-refractivity contribution in [3.63, 3.8) is 0 Å². The molecule has 0 aromatic heterocycles. The van der Waals surface area contributed by atoms with Crippen LogP contribution in [0.25, 0.3) is 5.57 Å². The van der Waals surface area contributed by atoms with Crippen LogP contribution in [0.4, 0.5) is 0 Å². The number of carbonyl (C=O) groups is 2. The lowest BCUT2D eigenvalue weighted by atomic mass is 9.32. The van der Waals surface area contributed by atoms with Crippen molar-refractivity contribution in [3.8, 4) is 0 Å². The van der Waals surface area contributed by atoms with E-state index in [9.17, 15) is 9.59 Å². The molecule has 0 bridgehead atoms. The zero-order valence-corrected chi connectivity index (χ0v) is 32.2. The number of esters is 1. The first-order chi connectivity index (χ1) is 23.7. The zero-order chi connectivity index (χ0) is 36.1. The molecule has 50 heavy (non-hydrogen) atoms. The Hall–Kier alpha value is -2.48. The first-order valence-electron chi connectivity index (χ1n) is 19.4. The van der Waals surface area contributed by atoms with Crippen molar-refractivity contribution in [1.82, 2.24) is 10.6 Å². The molecule has 0 radical (unpaired) electrons. The summed E-state index contributed by atoms with van der Waals surface area (Å²) in [5.74, 6) is 2.42.